The standard InChI is InChI=1S/C16H24N2O3/c1-5-6-7-14(15(19)20)17-16(21)18(4)13-9-11(2)8-12(3)10-13/h8-10,14H,5-7H2,1-4H3,(H,17,21)(H,19,20)/t14-/m0/s1. The van der Waals surface area contributed by atoms with Gasteiger partial charge in [0, 0.05) is 12.7 Å². The molecule has 5 heteroatoms. The number of carboxylic acid groups (broad SMARTS) is 1. The summed E-state index contributed by atoms with van der Waals surface area (Å²) in [5.41, 5.74) is 2.88. The van der Waals surface area contributed by atoms with Crippen LogP contribution in [0.25, 0.3) is 0 Å². The average Bonchev–Trinajstić information content (AvgIpc) is 2.40. The van der Waals surface area contributed by atoms with Crippen molar-refractivity contribution in [2.24, 2.45) is 0 Å². The number of carbonyl (C=O) groups is 2. The molecule has 0 radical (unpaired) electrons. The van der Waals surface area contributed by atoms with Crippen LogP contribution in [0.1, 0.15) is 37.3 Å². The molecule has 0 aliphatic heterocycles. The van der Waals surface area contributed by atoms with Gasteiger partial charge < -0.3 is 10.4 Å². The smallest absolute Gasteiger partial charge is 0.326 e. The van der Waals surface area contributed by atoms with Crippen LogP contribution in [0, 0.1) is 13.8 Å². The molecule has 0 aliphatic rings. The normalized spacial score (nSPS) is 11.8. The van der Waals surface area contributed by atoms with Gasteiger partial charge in [-0.3, -0.25) is 4.90 Å². The Morgan fingerprint density at radius 2 is 1.81 bits per heavy atom. The van der Waals surface area contributed by atoms with Crippen molar-refractivity contribution in [3.05, 3.63) is 29.3 Å². The van der Waals surface area contributed by atoms with E-state index in [0.29, 0.717) is 6.42 Å². The van der Waals surface area contributed by atoms with Crippen LogP contribution >= 0.6 is 0 Å². The molecule has 2 amide bonds. The van der Waals surface area contributed by atoms with E-state index in [1.54, 1.807) is 7.05 Å². The Kier molecular flexibility index (Phi) is 6.21. The van der Waals surface area contributed by atoms with Crippen molar-refractivity contribution in [3.63, 3.8) is 0 Å². The van der Waals surface area contributed by atoms with Crippen molar-refractivity contribution in [1.82, 2.24) is 5.32 Å². The number of unbranched alkanes of at least 4 members (excludes halogenated alkanes) is 1. The first-order chi connectivity index (χ1) is 9.85. The second-order valence-electron chi connectivity index (χ2n) is 5.39. The summed E-state index contributed by atoms with van der Waals surface area (Å²) in [6.07, 6.45) is 2.11. The summed E-state index contributed by atoms with van der Waals surface area (Å²) in [5, 5.41) is 11.7. The van der Waals surface area contributed by atoms with E-state index in [2.05, 4.69) is 5.32 Å². The molecule has 0 fully saturated rings. The number of nitrogens with one attached hydrogen (secondary N) is 1. The summed E-state index contributed by atoms with van der Waals surface area (Å²) in [6, 6.07) is 4.58. The molecule has 1 aromatic rings. The highest BCUT2D eigenvalue weighted by atomic mass is 16.4. The van der Waals surface area contributed by atoms with Crippen LogP contribution < -0.4 is 10.2 Å². The number of amides is 2. The Labute approximate surface area is 126 Å². The fourth-order valence-corrected chi connectivity index (χ4v) is 2.17. The molecule has 0 aromatic heterocycles. The molecule has 116 valence electrons. The third-order valence-corrected chi connectivity index (χ3v) is 3.34. The maximum Gasteiger partial charge on any atom is 0.326 e. The Bertz CT molecular complexity index is 494. The number of hydrogen-bond donors (Lipinski definition) is 2. The minimum Gasteiger partial charge on any atom is -0.480 e. The van der Waals surface area contributed by atoms with Crippen LogP contribution in [0.3, 0.4) is 0 Å². The van der Waals surface area contributed by atoms with Crippen LogP contribution in [0.2, 0.25) is 0 Å². The first-order valence-corrected chi connectivity index (χ1v) is 7.20. The van der Waals surface area contributed by atoms with Crippen LogP contribution in [-0.2, 0) is 4.79 Å². The molecule has 0 saturated carbocycles. The first-order valence-electron chi connectivity index (χ1n) is 7.20. The predicted octanol–water partition coefficient (Wildman–Crippen LogP) is 3.09. The fraction of sp³-hybridized carbons (Fsp3) is 0.500. The van der Waals surface area contributed by atoms with Crippen LogP contribution in [0.4, 0.5) is 10.5 Å². The van der Waals surface area contributed by atoms with Crippen molar-refractivity contribution in [2.45, 2.75) is 46.1 Å². The van der Waals surface area contributed by atoms with Gasteiger partial charge in [0.15, 0.2) is 0 Å². The summed E-state index contributed by atoms with van der Waals surface area (Å²) in [7, 11) is 1.64. The third-order valence-electron chi connectivity index (χ3n) is 3.34. The number of urea groups is 1. The van der Waals surface area contributed by atoms with Gasteiger partial charge in [0.1, 0.15) is 6.04 Å². The average molecular weight is 292 g/mol. The zero-order chi connectivity index (χ0) is 16.0. The zero-order valence-electron chi connectivity index (χ0n) is 13.1. The number of aliphatic carboxylic acids is 1. The lowest BCUT2D eigenvalue weighted by Crippen LogP contribution is -2.46. The molecule has 0 saturated heterocycles. The highest BCUT2D eigenvalue weighted by Crippen LogP contribution is 2.17. The molecule has 0 spiro atoms. The molecular formula is C16H24N2O3. The molecule has 5 nitrogen and oxygen atoms in total. The maximum atomic E-state index is 12.2. The molecular weight excluding hydrogens is 268 g/mol. The molecule has 2 N–H and O–H groups in total. The summed E-state index contributed by atoms with van der Waals surface area (Å²) in [4.78, 5) is 24.8. The molecule has 0 heterocycles. The fourth-order valence-electron chi connectivity index (χ4n) is 2.17. The number of nitrogens with zero attached hydrogens (tertiary/aromatic N) is 1. The van der Waals surface area contributed by atoms with Crippen molar-refractivity contribution >= 4 is 17.7 Å². The number of carbonyl (C=O) groups excluding carboxylic acids is 1. The molecule has 0 aliphatic carbocycles. The SMILES string of the molecule is CCCC[C@H](NC(=O)N(C)c1cc(C)cc(C)c1)C(=O)O. The Morgan fingerprint density at radius 3 is 2.29 bits per heavy atom. The van der Waals surface area contributed by atoms with Crippen molar-refractivity contribution in [2.75, 3.05) is 11.9 Å². The highest BCUT2D eigenvalue weighted by Gasteiger charge is 2.21. The largest absolute Gasteiger partial charge is 0.480 e. The van der Waals surface area contributed by atoms with Gasteiger partial charge in [0.05, 0.1) is 0 Å². The summed E-state index contributed by atoms with van der Waals surface area (Å²) in [5.74, 6) is -0.995. The first kappa shape index (κ1) is 17.0. The Hall–Kier alpha value is -2.04. The lowest BCUT2D eigenvalue weighted by atomic mass is 10.1. The van der Waals surface area contributed by atoms with Crippen LogP contribution in [0.15, 0.2) is 18.2 Å². The van der Waals surface area contributed by atoms with Gasteiger partial charge in [-0.2, -0.15) is 0 Å². The number of hydrogen-bond acceptors (Lipinski definition) is 2. The van der Waals surface area contributed by atoms with E-state index in [1.807, 2.05) is 39.0 Å². The second kappa shape index (κ2) is 7.67. The molecule has 0 unspecified atom stereocenters. The Balaban J connectivity index is 2.78. The van der Waals surface area contributed by atoms with Gasteiger partial charge in [-0.15, -0.1) is 0 Å². The highest BCUT2D eigenvalue weighted by molar-refractivity contribution is 5.94. The quantitative estimate of drug-likeness (QED) is 0.846. The predicted molar refractivity (Wildman–Crippen MR) is 83.8 cm³/mol. The second-order valence-corrected chi connectivity index (χ2v) is 5.39. The number of benzene rings is 1. The monoisotopic (exact) mass is 292 g/mol. The van der Waals surface area contributed by atoms with Gasteiger partial charge in [0.2, 0.25) is 0 Å². The minimum atomic E-state index is -0.995. The van der Waals surface area contributed by atoms with E-state index >= 15 is 0 Å². The maximum absolute atomic E-state index is 12.2. The molecule has 21 heavy (non-hydrogen) atoms. The van der Waals surface area contributed by atoms with E-state index in [-0.39, 0.29) is 0 Å². The van der Waals surface area contributed by atoms with Gasteiger partial charge in [0.25, 0.3) is 0 Å². The molecule has 1 rings (SSSR count). The molecule has 1 atom stereocenters. The summed E-state index contributed by atoms with van der Waals surface area (Å²) >= 11 is 0. The number of carboxylic acids is 1. The van der Waals surface area contributed by atoms with E-state index in [4.69, 9.17) is 5.11 Å². The van der Waals surface area contributed by atoms with Gasteiger partial charge in [-0.05, 0) is 43.5 Å². The van der Waals surface area contributed by atoms with Crippen molar-refractivity contribution in [1.29, 1.82) is 0 Å². The number of rotatable bonds is 6. The van der Waals surface area contributed by atoms with Gasteiger partial charge >= 0.3 is 12.0 Å². The number of aryl methyl sites for hydroxylation is 2. The molecule has 1 aromatic carbocycles. The third kappa shape index (κ3) is 5.10. The zero-order valence-corrected chi connectivity index (χ0v) is 13.1. The number of anilines is 1. The van der Waals surface area contributed by atoms with Crippen LogP contribution in [0.5, 0.6) is 0 Å². The topological polar surface area (TPSA) is 69.6 Å². The Morgan fingerprint density at radius 1 is 1.24 bits per heavy atom. The van der Waals surface area contributed by atoms with E-state index in [0.717, 1.165) is 29.7 Å². The van der Waals surface area contributed by atoms with Crippen LogP contribution in [-0.4, -0.2) is 30.2 Å². The summed E-state index contributed by atoms with van der Waals surface area (Å²) in [6.45, 7) is 5.91. The lowest BCUT2D eigenvalue weighted by molar-refractivity contribution is -0.139. The van der Waals surface area contributed by atoms with E-state index in [9.17, 15) is 9.59 Å². The van der Waals surface area contributed by atoms with Crippen molar-refractivity contribution < 1.29 is 14.7 Å². The minimum absolute atomic E-state index is 0.400. The lowest BCUT2D eigenvalue weighted by Gasteiger charge is -2.22. The van der Waals surface area contributed by atoms with E-state index in [1.165, 1.54) is 4.90 Å². The van der Waals surface area contributed by atoms with E-state index < -0.39 is 18.0 Å². The summed E-state index contributed by atoms with van der Waals surface area (Å²) < 4.78 is 0. The van der Waals surface area contributed by atoms with Gasteiger partial charge in [-0.25, -0.2) is 9.59 Å². The van der Waals surface area contributed by atoms with Gasteiger partial charge in [-0.1, -0.05) is 25.8 Å². The molecule has 0 bridgehead atoms. The van der Waals surface area contributed by atoms with Crippen molar-refractivity contribution in [3.8, 4) is 0 Å².